The van der Waals surface area contributed by atoms with Crippen LogP contribution in [0, 0.1) is 0 Å². The molecule has 0 amide bonds. The van der Waals surface area contributed by atoms with Crippen LogP contribution in [-0.2, 0) is 6.42 Å². The molecule has 2 N–H and O–H groups in total. The molecule has 0 saturated carbocycles. The summed E-state index contributed by atoms with van der Waals surface area (Å²) in [7, 11) is -2.16. The van der Waals surface area contributed by atoms with Crippen LogP contribution >= 0.6 is 7.26 Å². The Kier molecular flexibility index (Phi) is 8.98. The first kappa shape index (κ1) is 27.7. The van der Waals surface area contributed by atoms with Gasteiger partial charge in [0.05, 0.1) is 0 Å². The molecule has 5 rings (SSSR count). The first-order valence-corrected chi connectivity index (χ1v) is 16.4. The second-order valence-corrected chi connectivity index (χ2v) is 14.6. The average Bonchev–Trinajstić information content (AvgIpc) is 2.99. The standard InChI is InChI=1S/C35H37O4P/c36-32-25-31-27(24-35(38)39-34(31)26-33(32)37)16-8-3-1-2-4-15-23-40(28-17-9-5-10-18-28,29-19-11-6-12-20-29)30-21-13-7-14-22-30/h5-7,9-14,17-22,24-26,36-37,40H,1-4,8,15-16,23H2. The molecule has 0 unspecified atom stereocenters. The van der Waals surface area contributed by atoms with Gasteiger partial charge in [0.15, 0.2) is 5.75 Å². The van der Waals surface area contributed by atoms with Crippen molar-refractivity contribution in [3.05, 3.63) is 125 Å². The van der Waals surface area contributed by atoms with Crippen LogP contribution in [0.25, 0.3) is 11.0 Å². The van der Waals surface area contributed by atoms with Crippen LogP contribution < -0.4 is 21.5 Å². The van der Waals surface area contributed by atoms with Gasteiger partial charge in [-0.1, -0.05) is 0 Å². The molecule has 5 heteroatoms. The van der Waals surface area contributed by atoms with Crippen molar-refractivity contribution in [2.24, 2.45) is 0 Å². The van der Waals surface area contributed by atoms with Crippen LogP contribution in [0.2, 0.25) is 0 Å². The van der Waals surface area contributed by atoms with E-state index in [0.29, 0.717) is 11.0 Å². The van der Waals surface area contributed by atoms with E-state index in [4.69, 9.17) is 4.42 Å². The van der Waals surface area contributed by atoms with Gasteiger partial charge >= 0.3 is 221 Å². The van der Waals surface area contributed by atoms with Gasteiger partial charge in [0, 0.05) is 0 Å². The third-order valence-corrected chi connectivity index (χ3v) is 13.0. The molecule has 206 valence electrons. The van der Waals surface area contributed by atoms with E-state index in [0.717, 1.165) is 31.2 Å². The molecule has 0 aliphatic heterocycles. The number of aryl methyl sites for hydroxylation is 1. The monoisotopic (exact) mass is 552 g/mol. The van der Waals surface area contributed by atoms with Crippen molar-refractivity contribution in [2.75, 3.05) is 6.16 Å². The summed E-state index contributed by atoms with van der Waals surface area (Å²) in [6.07, 6.45) is 8.62. The van der Waals surface area contributed by atoms with E-state index in [1.54, 1.807) is 0 Å². The zero-order chi connectivity index (χ0) is 27.8. The summed E-state index contributed by atoms with van der Waals surface area (Å²) in [5.74, 6) is -0.490. The normalized spacial score (nSPS) is 12.0. The number of fused-ring (bicyclic) bond motifs is 1. The number of phenolic OH excluding ortho intramolecular Hbond substituents is 2. The van der Waals surface area contributed by atoms with Crippen LogP contribution in [0.3, 0.4) is 0 Å². The predicted molar refractivity (Wildman–Crippen MR) is 169 cm³/mol. The summed E-state index contributed by atoms with van der Waals surface area (Å²) in [6, 6.07) is 37.6. The third-order valence-electron chi connectivity index (χ3n) is 7.97. The molecule has 0 atom stereocenters. The second-order valence-electron chi connectivity index (χ2n) is 10.6. The number of hydrogen-bond acceptors (Lipinski definition) is 4. The molecule has 0 aliphatic carbocycles. The van der Waals surface area contributed by atoms with Gasteiger partial charge in [-0.15, -0.1) is 0 Å². The molecule has 1 aromatic heterocycles. The van der Waals surface area contributed by atoms with Crippen LogP contribution in [0.4, 0.5) is 0 Å². The van der Waals surface area contributed by atoms with Crippen molar-refractivity contribution in [1.29, 1.82) is 0 Å². The predicted octanol–water partition coefficient (Wildman–Crippen LogP) is 6.81. The quantitative estimate of drug-likeness (QED) is 0.0772. The Morgan fingerprint density at radius 3 is 1.60 bits per heavy atom. The summed E-state index contributed by atoms with van der Waals surface area (Å²) in [6.45, 7) is 0. The van der Waals surface area contributed by atoms with Crippen molar-refractivity contribution >= 4 is 34.1 Å². The number of hydrogen-bond donors (Lipinski definition) is 2. The zero-order valence-corrected chi connectivity index (χ0v) is 23.8. The van der Waals surface area contributed by atoms with Crippen molar-refractivity contribution in [3.63, 3.8) is 0 Å². The van der Waals surface area contributed by atoms with Crippen molar-refractivity contribution < 1.29 is 14.6 Å². The maximum absolute atomic E-state index is 12.0. The molecule has 0 aliphatic rings. The number of unbranched alkanes of at least 4 members (excludes halogenated alkanes) is 5. The maximum atomic E-state index is 12.0. The van der Waals surface area contributed by atoms with E-state index in [1.807, 2.05) is 0 Å². The fourth-order valence-corrected chi connectivity index (χ4v) is 10.9. The van der Waals surface area contributed by atoms with Crippen LogP contribution in [0.1, 0.15) is 44.1 Å². The van der Waals surface area contributed by atoms with Crippen LogP contribution in [0.15, 0.2) is 118 Å². The average molecular weight is 553 g/mol. The molecular weight excluding hydrogens is 515 g/mol. The Bertz CT molecular complexity index is 1480. The van der Waals surface area contributed by atoms with E-state index >= 15 is 0 Å². The molecule has 40 heavy (non-hydrogen) atoms. The number of aromatic hydroxyl groups is 2. The van der Waals surface area contributed by atoms with Gasteiger partial charge in [-0.25, -0.2) is 0 Å². The number of rotatable bonds is 12. The summed E-state index contributed by atoms with van der Waals surface area (Å²) >= 11 is 0. The molecule has 5 aromatic rings. The Balaban J connectivity index is 1.21. The molecule has 0 radical (unpaired) electrons. The van der Waals surface area contributed by atoms with Gasteiger partial charge in [-0.05, 0) is 0 Å². The van der Waals surface area contributed by atoms with Gasteiger partial charge in [-0.3, -0.25) is 0 Å². The van der Waals surface area contributed by atoms with Crippen molar-refractivity contribution in [1.82, 2.24) is 0 Å². The van der Waals surface area contributed by atoms with Gasteiger partial charge in [0.1, 0.15) is 0 Å². The fraction of sp³-hybridized carbons (Fsp3) is 0.229. The SMILES string of the molecule is O=c1cc(CCCCCCCC[PH](c2ccccc2)(c2ccccc2)c2ccccc2)c2cc(O)c(O)cc2o1. The Hall–Kier alpha value is -3.88. The summed E-state index contributed by atoms with van der Waals surface area (Å²) < 4.78 is 5.21. The van der Waals surface area contributed by atoms with Crippen LogP contribution in [0.5, 0.6) is 11.5 Å². The van der Waals surface area contributed by atoms with Crippen LogP contribution in [-0.4, -0.2) is 16.4 Å². The molecule has 4 nitrogen and oxygen atoms in total. The molecule has 0 spiro atoms. The third kappa shape index (κ3) is 6.13. The first-order chi connectivity index (χ1) is 19.6. The second kappa shape index (κ2) is 13.0. The molecule has 4 aromatic carbocycles. The number of benzene rings is 4. The minimum absolute atomic E-state index is 0.205. The Labute approximate surface area is 236 Å². The molecule has 0 saturated heterocycles. The topological polar surface area (TPSA) is 70.7 Å². The van der Waals surface area contributed by atoms with Crippen molar-refractivity contribution in [2.45, 2.75) is 44.9 Å². The van der Waals surface area contributed by atoms with E-state index in [2.05, 4.69) is 91.0 Å². The van der Waals surface area contributed by atoms with Gasteiger partial charge in [0.2, 0.25) is 0 Å². The molecule has 0 fully saturated rings. The van der Waals surface area contributed by atoms with Gasteiger partial charge < -0.3 is 10.2 Å². The van der Waals surface area contributed by atoms with E-state index in [9.17, 15) is 15.0 Å². The van der Waals surface area contributed by atoms with E-state index < -0.39 is 12.9 Å². The zero-order valence-electron chi connectivity index (χ0n) is 22.8. The first-order valence-electron chi connectivity index (χ1n) is 14.2. The molecule has 1 heterocycles. The Morgan fingerprint density at radius 1 is 0.575 bits per heavy atom. The van der Waals surface area contributed by atoms with Gasteiger partial charge in [-0.2, -0.15) is 0 Å². The minimum atomic E-state index is -2.16. The number of phenols is 2. The Morgan fingerprint density at radius 2 is 1.05 bits per heavy atom. The summed E-state index contributed by atoms with van der Waals surface area (Å²) in [5, 5.41) is 24.7. The van der Waals surface area contributed by atoms with Crippen molar-refractivity contribution in [3.8, 4) is 11.5 Å². The van der Waals surface area contributed by atoms with E-state index in [1.165, 1.54) is 59.5 Å². The summed E-state index contributed by atoms with van der Waals surface area (Å²) in [5.41, 5.74) is 0.724. The molecule has 0 bridgehead atoms. The molecular formula is C35H37O4P. The fourth-order valence-electron chi connectivity index (χ4n) is 5.97. The van der Waals surface area contributed by atoms with E-state index in [-0.39, 0.29) is 11.5 Å². The van der Waals surface area contributed by atoms with Gasteiger partial charge in [0.25, 0.3) is 0 Å². The summed E-state index contributed by atoms with van der Waals surface area (Å²) in [4.78, 5) is 12.0.